The summed E-state index contributed by atoms with van der Waals surface area (Å²) in [6.07, 6.45) is 6.32. The molecule has 2 aromatic rings. The van der Waals surface area contributed by atoms with Gasteiger partial charge in [0.15, 0.2) is 17.3 Å². The topological polar surface area (TPSA) is 53.4 Å². The molecule has 0 bridgehead atoms. The summed E-state index contributed by atoms with van der Waals surface area (Å²) in [5, 5.41) is 0. The Morgan fingerprint density at radius 1 is 1.33 bits per heavy atom. The molecule has 1 aromatic heterocycles. The molecule has 114 valence electrons. The Balaban J connectivity index is 0.00000220. The number of benzene rings is 1. The highest BCUT2D eigenvalue weighted by Gasteiger charge is 2.08. The molecule has 0 aliphatic heterocycles. The largest absolute Gasteiger partial charge is 0.493 e. The Labute approximate surface area is 130 Å². The summed E-state index contributed by atoms with van der Waals surface area (Å²) >= 11 is 0. The average molecular weight is 311 g/mol. The van der Waals surface area contributed by atoms with Crippen molar-refractivity contribution in [3.8, 4) is 11.5 Å². The molecule has 0 amide bonds. The minimum atomic E-state index is 0. The first-order valence-electron chi connectivity index (χ1n) is 6.48. The number of rotatable bonds is 7. The number of imidazole rings is 1. The molecule has 0 saturated heterocycles. The SMILES string of the molecule is COc1cc(C(C)=O)ccc1OCCCn1ccnc1.Cl. The van der Waals surface area contributed by atoms with Gasteiger partial charge in [-0.05, 0) is 31.5 Å². The molecule has 0 saturated carbocycles. The van der Waals surface area contributed by atoms with E-state index in [0.29, 0.717) is 23.7 Å². The Kier molecular flexibility index (Phi) is 6.75. The lowest BCUT2D eigenvalue weighted by Gasteiger charge is -2.11. The van der Waals surface area contributed by atoms with Crippen molar-refractivity contribution in [1.29, 1.82) is 0 Å². The van der Waals surface area contributed by atoms with Gasteiger partial charge >= 0.3 is 0 Å². The van der Waals surface area contributed by atoms with Crippen LogP contribution in [0.25, 0.3) is 0 Å². The summed E-state index contributed by atoms with van der Waals surface area (Å²) in [5.41, 5.74) is 0.618. The van der Waals surface area contributed by atoms with Gasteiger partial charge in [-0.2, -0.15) is 0 Å². The lowest BCUT2D eigenvalue weighted by Crippen LogP contribution is -2.04. The third-order valence-corrected chi connectivity index (χ3v) is 2.95. The predicted molar refractivity (Wildman–Crippen MR) is 82.6 cm³/mol. The first-order chi connectivity index (χ1) is 9.70. The second-order valence-electron chi connectivity index (χ2n) is 4.42. The standard InChI is InChI=1S/C15H18N2O3.ClH/c1-12(18)13-4-5-14(15(10-13)19-2)20-9-3-7-17-8-6-16-11-17;/h4-6,8,10-11H,3,7,9H2,1-2H3;1H. The minimum absolute atomic E-state index is 0. The van der Waals surface area contributed by atoms with Crippen LogP contribution in [0.15, 0.2) is 36.9 Å². The van der Waals surface area contributed by atoms with Gasteiger partial charge in [0.2, 0.25) is 0 Å². The van der Waals surface area contributed by atoms with Crippen LogP contribution in [-0.4, -0.2) is 29.1 Å². The normalized spacial score (nSPS) is 9.81. The molecule has 0 radical (unpaired) electrons. The highest BCUT2D eigenvalue weighted by atomic mass is 35.5. The van der Waals surface area contributed by atoms with E-state index in [-0.39, 0.29) is 18.2 Å². The van der Waals surface area contributed by atoms with Crippen molar-refractivity contribution in [2.45, 2.75) is 19.9 Å². The predicted octanol–water partition coefficient (Wildman–Crippen LogP) is 2.99. The number of carbonyl (C=O) groups excluding carboxylic acids is 1. The van der Waals surface area contributed by atoms with Crippen LogP contribution in [0.4, 0.5) is 0 Å². The number of carbonyl (C=O) groups is 1. The number of aromatic nitrogens is 2. The van der Waals surface area contributed by atoms with Crippen molar-refractivity contribution >= 4 is 18.2 Å². The Morgan fingerprint density at radius 2 is 2.14 bits per heavy atom. The van der Waals surface area contributed by atoms with E-state index in [0.717, 1.165) is 13.0 Å². The fraction of sp³-hybridized carbons (Fsp3) is 0.333. The van der Waals surface area contributed by atoms with E-state index in [1.807, 2.05) is 10.8 Å². The van der Waals surface area contributed by atoms with Gasteiger partial charge in [-0.25, -0.2) is 4.98 Å². The molecule has 5 nitrogen and oxygen atoms in total. The number of aryl methyl sites for hydroxylation is 1. The molecule has 0 atom stereocenters. The molecule has 0 spiro atoms. The fourth-order valence-corrected chi connectivity index (χ4v) is 1.85. The van der Waals surface area contributed by atoms with Crippen LogP contribution >= 0.6 is 12.4 Å². The highest BCUT2D eigenvalue weighted by Crippen LogP contribution is 2.28. The lowest BCUT2D eigenvalue weighted by molar-refractivity contribution is 0.101. The van der Waals surface area contributed by atoms with Crippen molar-refractivity contribution in [3.05, 3.63) is 42.5 Å². The number of ether oxygens (including phenoxy) is 2. The molecule has 2 rings (SSSR count). The maximum Gasteiger partial charge on any atom is 0.161 e. The maximum atomic E-state index is 11.3. The van der Waals surface area contributed by atoms with Crippen LogP contribution < -0.4 is 9.47 Å². The molecular formula is C15H19ClN2O3. The third-order valence-electron chi connectivity index (χ3n) is 2.95. The van der Waals surface area contributed by atoms with Gasteiger partial charge in [0.1, 0.15) is 0 Å². The number of halogens is 1. The summed E-state index contributed by atoms with van der Waals surface area (Å²) < 4.78 is 12.9. The van der Waals surface area contributed by atoms with Crippen molar-refractivity contribution in [2.75, 3.05) is 13.7 Å². The molecule has 0 N–H and O–H groups in total. The van der Waals surface area contributed by atoms with Gasteiger partial charge in [0.05, 0.1) is 20.0 Å². The summed E-state index contributed by atoms with van der Waals surface area (Å²) in [6.45, 7) is 2.96. The second-order valence-corrected chi connectivity index (χ2v) is 4.42. The zero-order chi connectivity index (χ0) is 14.4. The zero-order valence-corrected chi connectivity index (χ0v) is 12.9. The van der Waals surface area contributed by atoms with Crippen molar-refractivity contribution in [2.24, 2.45) is 0 Å². The van der Waals surface area contributed by atoms with Crippen LogP contribution in [-0.2, 0) is 6.54 Å². The maximum absolute atomic E-state index is 11.3. The van der Waals surface area contributed by atoms with Gasteiger partial charge in [0.25, 0.3) is 0 Å². The molecule has 0 fully saturated rings. The summed E-state index contributed by atoms with van der Waals surface area (Å²) in [6, 6.07) is 5.22. The molecule has 0 unspecified atom stereocenters. The van der Waals surface area contributed by atoms with Crippen molar-refractivity contribution in [3.63, 3.8) is 0 Å². The van der Waals surface area contributed by atoms with E-state index in [1.54, 1.807) is 37.8 Å². The monoisotopic (exact) mass is 310 g/mol. The summed E-state index contributed by atoms with van der Waals surface area (Å²) in [7, 11) is 1.57. The third kappa shape index (κ3) is 4.79. The second kappa shape index (κ2) is 8.32. The number of hydrogen-bond acceptors (Lipinski definition) is 4. The van der Waals surface area contributed by atoms with E-state index in [2.05, 4.69) is 4.98 Å². The first kappa shape index (κ1) is 17.0. The van der Waals surface area contributed by atoms with Crippen LogP contribution in [0.3, 0.4) is 0 Å². The smallest absolute Gasteiger partial charge is 0.161 e. The fourth-order valence-electron chi connectivity index (χ4n) is 1.85. The number of hydrogen-bond donors (Lipinski definition) is 0. The van der Waals surface area contributed by atoms with Crippen LogP contribution in [0.2, 0.25) is 0 Å². The van der Waals surface area contributed by atoms with Crippen LogP contribution in [0.1, 0.15) is 23.7 Å². The quantitative estimate of drug-likeness (QED) is 0.583. The number of nitrogens with zero attached hydrogens (tertiary/aromatic N) is 2. The van der Waals surface area contributed by atoms with Gasteiger partial charge in [-0.15, -0.1) is 12.4 Å². The van der Waals surface area contributed by atoms with Gasteiger partial charge in [-0.1, -0.05) is 0 Å². The molecule has 21 heavy (non-hydrogen) atoms. The average Bonchev–Trinajstić information content (AvgIpc) is 2.96. The van der Waals surface area contributed by atoms with E-state index in [9.17, 15) is 4.79 Å². The summed E-state index contributed by atoms with van der Waals surface area (Å²) in [5.74, 6) is 1.25. The number of methoxy groups -OCH3 is 1. The van der Waals surface area contributed by atoms with E-state index >= 15 is 0 Å². The van der Waals surface area contributed by atoms with Crippen LogP contribution in [0.5, 0.6) is 11.5 Å². The molecule has 0 aliphatic rings. The zero-order valence-electron chi connectivity index (χ0n) is 12.1. The van der Waals surface area contributed by atoms with E-state index in [4.69, 9.17) is 9.47 Å². The molecule has 0 aliphatic carbocycles. The van der Waals surface area contributed by atoms with Gasteiger partial charge < -0.3 is 14.0 Å². The van der Waals surface area contributed by atoms with E-state index in [1.165, 1.54) is 6.92 Å². The Bertz CT molecular complexity index is 570. The highest BCUT2D eigenvalue weighted by molar-refractivity contribution is 5.94. The number of ketones is 1. The molecular weight excluding hydrogens is 292 g/mol. The molecule has 1 aromatic carbocycles. The van der Waals surface area contributed by atoms with Crippen molar-refractivity contribution < 1.29 is 14.3 Å². The van der Waals surface area contributed by atoms with Gasteiger partial charge in [0, 0.05) is 24.5 Å². The van der Waals surface area contributed by atoms with E-state index < -0.39 is 0 Å². The molecule has 6 heteroatoms. The van der Waals surface area contributed by atoms with Gasteiger partial charge in [-0.3, -0.25) is 4.79 Å². The van der Waals surface area contributed by atoms with Crippen LogP contribution in [0, 0.1) is 0 Å². The number of Topliss-reactive ketones (excluding diaryl/α,β-unsaturated/α-hetero) is 1. The van der Waals surface area contributed by atoms with Crippen molar-refractivity contribution in [1.82, 2.24) is 9.55 Å². The first-order valence-corrected chi connectivity index (χ1v) is 6.48. The lowest BCUT2D eigenvalue weighted by atomic mass is 10.1. The Hall–Kier alpha value is -2.01. The Morgan fingerprint density at radius 3 is 2.76 bits per heavy atom. The minimum Gasteiger partial charge on any atom is -0.493 e. The summed E-state index contributed by atoms with van der Waals surface area (Å²) in [4.78, 5) is 15.3. The molecule has 1 heterocycles.